The van der Waals surface area contributed by atoms with Gasteiger partial charge < -0.3 is 0 Å². The Hall–Kier alpha value is -3.65. The highest BCUT2D eigenvalue weighted by atomic mass is 15.2. The molecule has 0 radical (unpaired) electrons. The Morgan fingerprint density at radius 1 is 0.679 bits per heavy atom. The number of anilines is 3. The Morgan fingerprint density at radius 2 is 1.54 bits per heavy atom. The molecule has 0 saturated carbocycles. The Bertz CT molecular complexity index is 1580. The second kappa shape index (κ2) is 4.79. The van der Waals surface area contributed by atoms with E-state index >= 15 is 0 Å². The van der Waals surface area contributed by atoms with Gasteiger partial charge in [-0.1, -0.05) is 72.3 Å². The third kappa shape index (κ3) is 1.62. The van der Waals surface area contributed by atoms with Gasteiger partial charge in [-0.15, -0.1) is 0 Å². The fraction of sp³-hybridized carbons (Fsp3) is 0.0385. The van der Waals surface area contributed by atoms with E-state index in [9.17, 15) is 0 Å². The summed E-state index contributed by atoms with van der Waals surface area (Å²) in [4.78, 5) is 7.54. The van der Waals surface area contributed by atoms with Crippen LogP contribution in [-0.2, 0) is 0 Å². The Morgan fingerprint density at radius 3 is 2.46 bits per heavy atom. The quantitative estimate of drug-likeness (QED) is 0.285. The minimum absolute atomic E-state index is 1.04. The molecule has 0 fully saturated rings. The van der Waals surface area contributed by atoms with E-state index in [-0.39, 0.29) is 0 Å². The van der Waals surface area contributed by atoms with E-state index in [1.807, 2.05) is 0 Å². The van der Waals surface area contributed by atoms with Crippen molar-refractivity contribution in [3.8, 4) is 0 Å². The number of benzene rings is 4. The van der Waals surface area contributed by atoms with Crippen molar-refractivity contribution in [3.05, 3.63) is 84.4 Å². The summed E-state index contributed by atoms with van der Waals surface area (Å²) in [6.45, 7) is 2.15. The number of aromatic nitrogens is 1. The molecule has 4 aromatic carbocycles. The molecule has 0 amide bonds. The Kier molecular flexibility index (Phi) is 2.47. The minimum Gasteiger partial charge on any atom is -0.293 e. The average molecular weight is 356 g/mol. The zero-order valence-electron chi connectivity index (χ0n) is 15.4. The van der Waals surface area contributed by atoms with Gasteiger partial charge in [-0.2, -0.15) is 0 Å². The molecule has 3 aliphatic rings. The molecule has 0 saturated heterocycles. The third-order valence-electron chi connectivity index (χ3n) is 6.13. The molecule has 4 aromatic rings. The molecule has 0 atom stereocenters. The molecule has 7 rings (SSSR count). The molecule has 0 N–H and O–H groups in total. The van der Waals surface area contributed by atoms with E-state index in [2.05, 4.69) is 90.7 Å². The number of fused-ring (bicyclic) bond motifs is 5. The summed E-state index contributed by atoms with van der Waals surface area (Å²) in [5, 5.41) is 8.80. The topological polar surface area (TPSA) is 16.1 Å². The van der Waals surface area contributed by atoms with Gasteiger partial charge in [-0.05, 0) is 35.2 Å². The summed E-state index contributed by atoms with van der Waals surface area (Å²) in [6.07, 6.45) is 0. The number of aryl methyl sites for hydroxylation is 1. The number of hydrogen-bond acceptors (Lipinski definition) is 2. The predicted molar refractivity (Wildman–Crippen MR) is 118 cm³/mol. The van der Waals surface area contributed by atoms with Crippen LogP contribution in [0.3, 0.4) is 0 Å². The minimum atomic E-state index is 1.04. The first-order chi connectivity index (χ1) is 13.8. The molecule has 0 aliphatic carbocycles. The lowest BCUT2D eigenvalue weighted by Crippen LogP contribution is -2.18. The van der Waals surface area contributed by atoms with Crippen molar-refractivity contribution < 1.29 is 0 Å². The maximum atomic E-state index is 5.16. The van der Waals surface area contributed by atoms with Crippen LogP contribution < -0.4 is 4.90 Å². The van der Waals surface area contributed by atoms with E-state index in [1.165, 1.54) is 54.6 Å². The highest BCUT2D eigenvalue weighted by molar-refractivity contribution is 6.27. The van der Waals surface area contributed by atoms with Gasteiger partial charge in [0.15, 0.2) is 0 Å². The van der Waals surface area contributed by atoms with Crippen LogP contribution in [0.2, 0.25) is 0 Å². The lowest BCUT2D eigenvalue weighted by molar-refractivity contribution is 1.23. The Balaban J connectivity index is 1.89. The first kappa shape index (κ1) is 14.4. The maximum Gasteiger partial charge on any atom is 0.146 e. The normalized spacial score (nSPS) is 13.1. The van der Waals surface area contributed by atoms with Crippen LogP contribution in [-0.4, -0.2) is 4.98 Å². The summed E-state index contributed by atoms with van der Waals surface area (Å²) in [6, 6.07) is 28.6. The van der Waals surface area contributed by atoms with E-state index in [0.717, 1.165) is 11.3 Å². The van der Waals surface area contributed by atoms with Crippen molar-refractivity contribution in [3.63, 3.8) is 0 Å². The monoisotopic (exact) mass is 356 g/mol. The first-order valence-corrected chi connectivity index (χ1v) is 9.67. The zero-order valence-corrected chi connectivity index (χ0v) is 15.4. The molecule has 130 valence electrons. The second-order valence-corrected chi connectivity index (χ2v) is 7.77. The standard InChI is InChI=1S/C26H16N2/c1-15-9-11-18-17(13-15)14-23-20-7-3-2-6-19(20)21-12-10-16-5-4-8-22-24(16)25(21)28(23)26(18)27-22/h2-14H,1H3. The van der Waals surface area contributed by atoms with Gasteiger partial charge in [0, 0.05) is 21.5 Å². The second-order valence-electron chi connectivity index (χ2n) is 7.77. The van der Waals surface area contributed by atoms with Crippen LogP contribution in [0.1, 0.15) is 5.56 Å². The molecule has 2 nitrogen and oxygen atoms in total. The summed E-state index contributed by atoms with van der Waals surface area (Å²) in [5.41, 5.74) is 4.83. The first-order valence-electron chi connectivity index (χ1n) is 9.67. The zero-order chi connectivity index (χ0) is 18.4. The fourth-order valence-corrected chi connectivity index (χ4v) is 4.93. The highest BCUT2D eigenvalue weighted by Gasteiger charge is 2.29. The summed E-state index contributed by atoms with van der Waals surface area (Å²) in [7, 11) is 0. The SMILES string of the molecule is Cc1ccc2c3nc4cccc5ccc6c(c54)N3c(cc2c1)c1ccccc16. The van der Waals surface area contributed by atoms with Crippen molar-refractivity contribution in [2.45, 2.75) is 6.92 Å². The molecule has 0 spiro atoms. The van der Waals surface area contributed by atoms with Gasteiger partial charge in [0.1, 0.15) is 5.82 Å². The largest absolute Gasteiger partial charge is 0.293 e. The summed E-state index contributed by atoms with van der Waals surface area (Å²) >= 11 is 0. The van der Waals surface area contributed by atoms with Crippen LogP contribution >= 0.6 is 0 Å². The molecule has 0 bridgehead atoms. The molecular formula is C26H16N2. The van der Waals surface area contributed by atoms with Crippen LogP contribution in [0.4, 0.5) is 17.2 Å². The van der Waals surface area contributed by atoms with Crippen molar-refractivity contribution in [1.29, 1.82) is 0 Å². The fourth-order valence-electron chi connectivity index (χ4n) is 4.93. The average Bonchev–Trinajstić information content (AvgIpc) is 2.73. The lowest BCUT2D eigenvalue weighted by Gasteiger charge is -2.35. The summed E-state index contributed by atoms with van der Waals surface area (Å²) < 4.78 is 0. The molecule has 0 unspecified atom stereocenters. The molecule has 28 heavy (non-hydrogen) atoms. The molecule has 3 heterocycles. The summed E-state index contributed by atoms with van der Waals surface area (Å²) in [5.74, 6) is 1.04. The van der Waals surface area contributed by atoms with E-state index in [0.29, 0.717) is 0 Å². The van der Waals surface area contributed by atoms with Crippen LogP contribution in [0.25, 0.3) is 43.2 Å². The van der Waals surface area contributed by atoms with E-state index < -0.39 is 0 Å². The number of nitrogens with zero attached hydrogens (tertiary/aromatic N) is 2. The lowest BCUT2D eigenvalue weighted by atomic mass is 9.92. The van der Waals surface area contributed by atoms with Gasteiger partial charge in [-0.3, -0.25) is 4.90 Å². The predicted octanol–water partition coefficient (Wildman–Crippen LogP) is 7.22. The van der Waals surface area contributed by atoms with Gasteiger partial charge in [0.05, 0.1) is 16.9 Å². The van der Waals surface area contributed by atoms with Crippen molar-refractivity contribution in [1.82, 2.24) is 4.98 Å². The van der Waals surface area contributed by atoms with Gasteiger partial charge >= 0.3 is 0 Å². The number of rotatable bonds is 0. The van der Waals surface area contributed by atoms with E-state index in [1.54, 1.807) is 0 Å². The van der Waals surface area contributed by atoms with Gasteiger partial charge in [0.2, 0.25) is 0 Å². The Labute approximate surface area is 162 Å². The van der Waals surface area contributed by atoms with Crippen LogP contribution in [0.5, 0.6) is 0 Å². The van der Waals surface area contributed by atoms with Gasteiger partial charge in [0.25, 0.3) is 0 Å². The third-order valence-corrected chi connectivity index (χ3v) is 6.13. The van der Waals surface area contributed by atoms with Crippen LogP contribution in [0, 0.1) is 6.92 Å². The molecule has 2 heteroatoms. The smallest absolute Gasteiger partial charge is 0.146 e. The maximum absolute atomic E-state index is 5.16. The highest BCUT2D eigenvalue weighted by Crippen LogP contribution is 2.53. The van der Waals surface area contributed by atoms with E-state index in [4.69, 9.17) is 4.98 Å². The molecule has 3 aliphatic heterocycles. The van der Waals surface area contributed by atoms with Crippen molar-refractivity contribution in [2.24, 2.45) is 0 Å². The molecular weight excluding hydrogens is 340 g/mol. The van der Waals surface area contributed by atoms with Crippen LogP contribution in [0.15, 0.2) is 78.9 Å². The molecule has 0 aromatic heterocycles. The van der Waals surface area contributed by atoms with Gasteiger partial charge in [-0.25, -0.2) is 4.98 Å². The van der Waals surface area contributed by atoms with Crippen molar-refractivity contribution in [2.75, 3.05) is 4.90 Å². The van der Waals surface area contributed by atoms with Crippen molar-refractivity contribution >= 4 is 60.4 Å². The number of hydrogen-bond donors (Lipinski definition) is 0.